The first-order chi connectivity index (χ1) is 8.58. The summed E-state index contributed by atoms with van der Waals surface area (Å²) in [5.41, 5.74) is 0. The van der Waals surface area contributed by atoms with Crippen molar-refractivity contribution in [2.45, 2.75) is 26.2 Å². The molecule has 1 heterocycles. The van der Waals surface area contributed by atoms with E-state index in [1.54, 1.807) is 0 Å². The molecule has 0 bridgehead atoms. The predicted molar refractivity (Wildman–Crippen MR) is 64.5 cm³/mol. The number of amides is 1. The number of furan rings is 1. The second kappa shape index (κ2) is 5.25. The zero-order chi connectivity index (χ0) is 13.1. The summed E-state index contributed by atoms with van der Waals surface area (Å²) < 4.78 is 4.94. The quantitative estimate of drug-likeness (QED) is 0.859. The van der Waals surface area contributed by atoms with Crippen LogP contribution in [0, 0.1) is 11.8 Å². The summed E-state index contributed by atoms with van der Waals surface area (Å²) in [5, 5.41) is 11.5. The van der Waals surface area contributed by atoms with Crippen LogP contribution in [0.15, 0.2) is 16.5 Å². The van der Waals surface area contributed by atoms with Crippen molar-refractivity contribution in [2.24, 2.45) is 11.8 Å². The molecule has 1 aromatic heterocycles. The molecular formula is C13H17NO4. The molecule has 2 unspecified atom stereocenters. The van der Waals surface area contributed by atoms with Crippen LogP contribution in [0.3, 0.4) is 0 Å². The van der Waals surface area contributed by atoms with E-state index >= 15 is 0 Å². The van der Waals surface area contributed by atoms with Gasteiger partial charge in [0.25, 0.3) is 5.91 Å². The van der Waals surface area contributed by atoms with Crippen molar-refractivity contribution in [3.05, 3.63) is 23.7 Å². The van der Waals surface area contributed by atoms with E-state index in [-0.39, 0.29) is 17.4 Å². The Hall–Kier alpha value is -1.78. The van der Waals surface area contributed by atoms with E-state index in [9.17, 15) is 9.59 Å². The van der Waals surface area contributed by atoms with Gasteiger partial charge in [0.2, 0.25) is 5.76 Å². The summed E-state index contributed by atoms with van der Waals surface area (Å²) >= 11 is 0. The molecule has 0 spiro atoms. The Morgan fingerprint density at radius 2 is 2.11 bits per heavy atom. The van der Waals surface area contributed by atoms with Gasteiger partial charge >= 0.3 is 5.97 Å². The molecule has 2 atom stereocenters. The fraction of sp³-hybridized carbons (Fsp3) is 0.538. The Balaban J connectivity index is 1.89. The molecule has 2 N–H and O–H groups in total. The molecule has 1 aliphatic carbocycles. The Morgan fingerprint density at radius 1 is 1.39 bits per heavy atom. The lowest BCUT2D eigenvalue weighted by atomic mass is 9.98. The second-order valence-corrected chi connectivity index (χ2v) is 4.85. The number of rotatable bonds is 4. The van der Waals surface area contributed by atoms with Crippen molar-refractivity contribution in [3.8, 4) is 0 Å². The van der Waals surface area contributed by atoms with Crippen molar-refractivity contribution in [1.29, 1.82) is 0 Å². The van der Waals surface area contributed by atoms with Crippen LogP contribution in [0.5, 0.6) is 0 Å². The van der Waals surface area contributed by atoms with Crippen molar-refractivity contribution >= 4 is 11.9 Å². The van der Waals surface area contributed by atoms with E-state index in [0.717, 1.165) is 6.42 Å². The molecular weight excluding hydrogens is 234 g/mol. The Bertz CT molecular complexity index is 452. The fourth-order valence-corrected chi connectivity index (χ4v) is 2.41. The molecule has 1 fully saturated rings. The number of carbonyl (C=O) groups is 2. The number of nitrogens with one attached hydrogen (secondary N) is 1. The maximum atomic E-state index is 11.7. The molecule has 0 aliphatic heterocycles. The van der Waals surface area contributed by atoms with Gasteiger partial charge in [0.1, 0.15) is 0 Å². The molecule has 0 saturated heterocycles. The molecule has 1 saturated carbocycles. The van der Waals surface area contributed by atoms with Crippen molar-refractivity contribution in [2.75, 3.05) is 6.54 Å². The highest BCUT2D eigenvalue weighted by molar-refractivity contribution is 5.93. The lowest BCUT2D eigenvalue weighted by Gasteiger charge is -2.15. The molecule has 5 nitrogen and oxygen atoms in total. The van der Waals surface area contributed by atoms with Gasteiger partial charge in [0, 0.05) is 6.54 Å². The maximum absolute atomic E-state index is 11.7. The predicted octanol–water partition coefficient (Wildman–Crippen LogP) is 2.14. The number of hydrogen-bond donors (Lipinski definition) is 2. The summed E-state index contributed by atoms with van der Waals surface area (Å²) in [6.45, 7) is 2.82. The SMILES string of the molecule is CC1CCCC1CNC(=O)c1ccc(C(=O)O)o1. The van der Waals surface area contributed by atoms with E-state index < -0.39 is 5.97 Å². The molecule has 1 aromatic rings. The van der Waals surface area contributed by atoms with Crippen LogP contribution in [-0.2, 0) is 0 Å². The van der Waals surface area contributed by atoms with E-state index in [0.29, 0.717) is 18.4 Å². The van der Waals surface area contributed by atoms with Crippen LogP contribution in [0.25, 0.3) is 0 Å². The number of carboxylic acid groups (broad SMARTS) is 1. The van der Waals surface area contributed by atoms with E-state index in [2.05, 4.69) is 12.2 Å². The van der Waals surface area contributed by atoms with Gasteiger partial charge in [-0.05, 0) is 30.4 Å². The summed E-state index contributed by atoms with van der Waals surface area (Å²) in [6, 6.07) is 2.67. The molecule has 2 rings (SSSR count). The molecule has 18 heavy (non-hydrogen) atoms. The van der Waals surface area contributed by atoms with Crippen LogP contribution >= 0.6 is 0 Å². The molecule has 1 amide bonds. The number of carboxylic acids is 1. The Labute approximate surface area is 105 Å². The van der Waals surface area contributed by atoms with Gasteiger partial charge in [-0.2, -0.15) is 0 Å². The van der Waals surface area contributed by atoms with Crippen molar-refractivity contribution < 1.29 is 19.1 Å². The van der Waals surface area contributed by atoms with E-state index in [1.807, 2.05) is 0 Å². The molecule has 1 aliphatic rings. The average Bonchev–Trinajstić information content (AvgIpc) is 2.94. The second-order valence-electron chi connectivity index (χ2n) is 4.85. The lowest BCUT2D eigenvalue weighted by molar-refractivity contribution is 0.0659. The van der Waals surface area contributed by atoms with Crippen molar-refractivity contribution in [1.82, 2.24) is 5.32 Å². The highest BCUT2D eigenvalue weighted by Gasteiger charge is 2.24. The third-order valence-electron chi connectivity index (χ3n) is 3.60. The van der Waals surface area contributed by atoms with Gasteiger partial charge in [-0.15, -0.1) is 0 Å². The zero-order valence-corrected chi connectivity index (χ0v) is 10.3. The summed E-state index contributed by atoms with van der Waals surface area (Å²) in [5.74, 6) is -0.521. The third-order valence-corrected chi connectivity index (χ3v) is 3.60. The minimum atomic E-state index is -1.17. The van der Waals surface area contributed by atoms with E-state index in [1.165, 1.54) is 25.0 Å². The minimum Gasteiger partial charge on any atom is -0.475 e. The number of aromatic carboxylic acids is 1. The first-order valence-electron chi connectivity index (χ1n) is 6.19. The lowest BCUT2D eigenvalue weighted by Crippen LogP contribution is -2.30. The summed E-state index contributed by atoms with van der Waals surface area (Å²) in [4.78, 5) is 22.4. The largest absolute Gasteiger partial charge is 0.475 e. The van der Waals surface area contributed by atoms with Gasteiger partial charge in [0.05, 0.1) is 0 Å². The average molecular weight is 251 g/mol. The topological polar surface area (TPSA) is 79.5 Å². The smallest absolute Gasteiger partial charge is 0.371 e. The van der Waals surface area contributed by atoms with Crippen LogP contribution in [0.2, 0.25) is 0 Å². The van der Waals surface area contributed by atoms with Gasteiger partial charge in [-0.1, -0.05) is 19.8 Å². The third kappa shape index (κ3) is 2.72. The fourth-order valence-electron chi connectivity index (χ4n) is 2.41. The normalized spacial score (nSPS) is 22.9. The Morgan fingerprint density at radius 3 is 2.67 bits per heavy atom. The maximum Gasteiger partial charge on any atom is 0.371 e. The number of carbonyl (C=O) groups excluding carboxylic acids is 1. The monoisotopic (exact) mass is 251 g/mol. The minimum absolute atomic E-state index is 0.0538. The molecule has 0 radical (unpaired) electrons. The molecule has 5 heteroatoms. The Kier molecular flexibility index (Phi) is 3.69. The highest BCUT2D eigenvalue weighted by atomic mass is 16.4. The van der Waals surface area contributed by atoms with Gasteiger partial charge in [-0.25, -0.2) is 4.79 Å². The zero-order valence-electron chi connectivity index (χ0n) is 10.3. The first kappa shape index (κ1) is 12.7. The molecule has 0 aromatic carbocycles. The van der Waals surface area contributed by atoms with Crippen LogP contribution < -0.4 is 5.32 Å². The first-order valence-corrected chi connectivity index (χ1v) is 6.19. The summed E-state index contributed by atoms with van der Waals surface area (Å²) in [7, 11) is 0. The van der Waals surface area contributed by atoms with Gasteiger partial charge in [0.15, 0.2) is 5.76 Å². The highest BCUT2D eigenvalue weighted by Crippen LogP contribution is 2.30. The number of hydrogen-bond acceptors (Lipinski definition) is 3. The van der Waals surface area contributed by atoms with Crippen molar-refractivity contribution in [3.63, 3.8) is 0 Å². The van der Waals surface area contributed by atoms with E-state index in [4.69, 9.17) is 9.52 Å². The summed E-state index contributed by atoms with van der Waals surface area (Å²) in [6.07, 6.45) is 3.57. The molecule has 98 valence electrons. The van der Waals surface area contributed by atoms with Crippen LogP contribution in [-0.4, -0.2) is 23.5 Å². The standard InChI is InChI=1S/C13H17NO4/c1-8-3-2-4-9(8)7-14-12(15)10-5-6-11(18-10)13(16)17/h5-6,8-9H,2-4,7H2,1H3,(H,14,15)(H,16,17). The van der Waals surface area contributed by atoms with Crippen LogP contribution in [0.4, 0.5) is 0 Å². The van der Waals surface area contributed by atoms with Gasteiger partial charge < -0.3 is 14.8 Å². The van der Waals surface area contributed by atoms with Crippen LogP contribution in [0.1, 0.15) is 47.3 Å². The van der Waals surface area contributed by atoms with Gasteiger partial charge in [-0.3, -0.25) is 4.79 Å².